The normalized spacial score (nSPS) is 21.6. The molecule has 1 heterocycles. The molecule has 0 bridgehead atoms. The van der Waals surface area contributed by atoms with E-state index in [1.54, 1.807) is 62.4 Å². The molecule has 2 unspecified atom stereocenters. The Hall–Kier alpha value is -2.74. The van der Waals surface area contributed by atoms with Crippen molar-refractivity contribution in [2.75, 3.05) is 6.61 Å². The Labute approximate surface area is 227 Å². The highest BCUT2D eigenvalue weighted by Crippen LogP contribution is 2.54. The number of carbonyl (C=O) groups is 1. The first-order valence-electron chi connectivity index (χ1n) is 11.3. The molecular formula is C27H22Cl3F3N2O2. The molecule has 3 aromatic rings. The number of nitrogens with zero attached hydrogens (tertiary/aromatic N) is 2. The van der Waals surface area contributed by atoms with Crippen molar-refractivity contribution < 1.29 is 22.7 Å². The van der Waals surface area contributed by atoms with E-state index >= 15 is 0 Å². The Morgan fingerprint density at radius 3 is 1.97 bits per heavy atom. The average Bonchev–Trinajstić information content (AvgIpc) is 3.08. The number of ether oxygens (including phenoxy) is 1. The minimum atomic E-state index is -4.58. The van der Waals surface area contributed by atoms with Crippen LogP contribution in [0.4, 0.5) is 18.0 Å². The second kappa shape index (κ2) is 9.86. The van der Waals surface area contributed by atoms with E-state index in [0.29, 0.717) is 21.2 Å². The lowest BCUT2D eigenvalue weighted by Gasteiger charge is -2.44. The number of hydrogen-bond acceptors (Lipinski definition) is 3. The van der Waals surface area contributed by atoms with Crippen molar-refractivity contribution in [3.8, 4) is 5.75 Å². The van der Waals surface area contributed by atoms with Crippen LogP contribution in [0, 0.1) is 0 Å². The van der Waals surface area contributed by atoms with E-state index in [4.69, 9.17) is 44.5 Å². The van der Waals surface area contributed by atoms with Crippen molar-refractivity contribution in [2.24, 2.45) is 4.99 Å². The SMILES string of the molecule is CCOc1cc(C(F)(F)F)ccc1C1=NC(C)(c2ccc(Cl)cc2)C(C)(c2ccc(Cl)cc2)N1C(=O)Cl. The molecule has 10 heteroatoms. The van der Waals surface area contributed by atoms with E-state index in [0.717, 1.165) is 12.1 Å². The summed E-state index contributed by atoms with van der Waals surface area (Å²) in [6, 6.07) is 16.9. The average molecular weight is 570 g/mol. The molecule has 0 saturated heterocycles. The number of amidine groups is 1. The zero-order chi connectivity index (χ0) is 27.2. The van der Waals surface area contributed by atoms with Crippen LogP contribution in [-0.4, -0.2) is 22.7 Å². The van der Waals surface area contributed by atoms with Gasteiger partial charge in [0.1, 0.15) is 22.7 Å². The van der Waals surface area contributed by atoms with Crippen LogP contribution in [0.15, 0.2) is 71.7 Å². The molecule has 0 N–H and O–H groups in total. The van der Waals surface area contributed by atoms with E-state index < -0.39 is 28.2 Å². The number of halogens is 6. The summed E-state index contributed by atoms with van der Waals surface area (Å²) in [5.74, 6) is 0.00452. The minimum absolute atomic E-state index is 0.0715. The molecule has 3 aromatic carbocycles. The number of hydrogen-bond donors (Lipinski definition) is 0. The van der Waals surface area contributed by atoms with Gasteiger partial charge >= 0.3 is 11.5 Å². The van der Waals surface area contributed by atoms with Gasteiger partial charge in [-0.25, -0.2) is 0 Å². The maximum atomic E-state index is 13.5. The molecule has 0 aliphatic carbocycles. The summed E-state index contributed by atoms with van der Waals surface area (Å²) in [7, 11) is 0. The summed E-state index contributed by atoms with van der Waals surface area (Å²) in [6.45, 7) is 5.38. The fraction of sp³-hybridized carbons (Fsp3) is 0.259. The van der Waals surface area contributed by atoms with E-state index in [1.165, 1.54) is 11.0 Å². The number of alkyl halides is 3. The van der Waals surface area contributed by atoms with Crippen LogP contribution in [0.25, 0.3) is 0 Å². The molecule has 0 radical (unpaired) electrons. The molecular weight excluding hydrogens is 548 g/mol. The van der Waals surface area contributed by atoms with Gasteiger partial charge in [-0.3, -0.25) is 14.7 Å². The molecule has 194 valence electrons. The standard InChI is InChI=1S/C27H22Cl3F3N2O2/c1-4-37-22-15-18(27(31,32)33)9-14-21(22)23-34-25(2,16-5-10-19(28)11-6-16)26(3,35(23)24(30)36)17-7-12-20(29)13-8-17/h5-15H,4H2,1-3H3. The van der Waals surface area contributed by atoms with Gasteiger partial charge in [-0.2, -0.15) is 13.2 Å². The smallest absolute Gasteiger partial charge is 0.416 e. The maximum Gasteiger partial charge on any atom is 0.416 e. The van der Waals surface area contributed by atoms with E-state index in [-0.39, 0.29) is 23.8 Å². The third kappa shape index (κ3) is 4.69. The highest BCUT2D eigenvalue weighted by molar-refractivity contribution is 6.64. The van der Waals surface area contributed by atoms with Crippen LogP contribution in [0.5, 0.6) is 5.75 Å². The van der Waals surface area contributed by atoms with Gasteiger partial charge in [0.25, 0.3) is 0 Å². The lowest BCUT2D eigenvalue weighted by atomic mass is 9.71. The highest BCUT2D eigenvalue weighted by atomic mass is 35.5. The first-order valence-corrected chi connectivity index (χ1v) is 12.4. The van der Waals surface area contributed by atoms with Crippen LogP contribution in [0.1, 0.15) is 43.0 Å². The molecule has 1 aliphatic rings. The lowest BCUT2D eigenvalue weighted by molar-refractivity contribution is -0.137. The van der Waals surface area contributed by atoms with E-state index in [1.807, 2.05) is 6.92 Å². The predicted molar refractivity (Wildman–Crippen MR) is 140 cm³/mol. The molecule has 1 aliphatic heterocycles. The van der Waals surface area contributed by atoms with E-state index in [9.17, 15) is 18.0 Å². The second-order valence-corrected chi connectivity index (χ2v) is 10.0. The molecule has 37 heavy (non-hydrogen) atoms. The summed E-state index contributed by atoms with van der Waals surface area (Å²) < 4.78 is 46.0. The Morgan fingerprint density at radius 1 is 0.946 bits per heavy atom. The minimum Gasteiger partial charge on any atom is -0.493 e. The Morgan fingerprint density at radius 2 is 1.49 bits per heavy atom. The fourth-order valence-corrected chi connectivity index (χ4v) is 5.20. The summed E-state index contributed by atoms with van der Waals surface area (Å²) >= 11 is 18.5. The quantitative estimate of drug-likeness (QED) is 0.228. The molecule has 0 spiro atoms. The fourth-order valence-electron chi connectivity index (χ4n) is 4.70. The van der Waals surface area contributed by atoms with Gasteiger partial charge in [0, 0.05) is 10.0 Å². The molecule has 0 aromatic heterocycles. The van der Waals surface area contributed by atoms with Crippen molar-refractivity contribution in [3.05, 3.63) is 99.0 Å². The number of amides is 1. The summed E-state index contributed by atoms with van der Waals surface area (Å²) in [5.41, 5.74) is -1.68. The van der Waals surface area contributed by atoms with Crippen molar-refractivity contribution in [1.29, 1.82) is 0 Å². The van der Waals surface area contributed by atoms with Crippen molar-refractivity contribution >= 4 is 46.0 Å². The second-order valence-electron chi connectivity index (χ2n) is 8.82. The van der Waals surface area contributed by atoms with Crippen molar-refractivity contribution in [2.45, 2.75) is 38.0 Å². The van der Waals surface area contributed by atoms with Gasteiger partial charge in [-0.05, 0) is 86.0 Å². The van der Waals surface area contributed by atoms with Crippen LogP contribution in [-0.2, 0) is 17.3 Å². The lowest BCUT2D eigenvalue weighted by Crippen LogP contribution is -2.53. The van der Waals surface area contributed by atoms with Crippen molar-refractivity contribution in [1.82, 2.24) is 4.90 Å². The molecule has 4 nitrogen and oxygen atoms in total. The summed E-state index contributed by atoms with van der Waals surface area (Å²) in [5, 5.41) is 0.135. The van der Waals surface area contributed by atoms with Crippen LogP contribution < -0.4 is 4.74 Å². The van der Waals surface area contributed by atoms with Gasteiger partial charge in [-0.15, -0.1) is 0 Å². The maximum absolute atomic E-state index is 13.5. The first-order chi connectivity index (χ1) is 17.3. The van der Waals surface area contributed by atoms with Gasteiger partial charge in [-0.1, -0.05) is 47.5 Å². The largest absolute Gasteiger partial charge is 0.493 e. The van der Waals surface area contributed by atoms with Crippen molar-refractivity contribution in [3.63, 3.8) is 0 Å². The molecule has 1 amide bonds. The molecule has 2 atom stereocenters. The highest BCUT2D eigenvalue weighted by Gasteiger charge is 2.59. The molecule has 4 rings (SSSR count). The molecule has 0 fully saturated rings. The van der Waals surface area contributed by atoms with Crippen LogP contribution in [0.3, 0.4) is 0 Å². The first kappa shape index (κ1) is 27.3. The summed E-state index contributed by atoms with van der Waals surface area (Å²) in [6.07, 6.45) is -4.58. The number of carbonyl (C=O) groups excluding carboxylic acids is 1. The van der Waals surface area contributed by atoms with Crippen LogP contribution >= 0.6 is 34.8 Å². The van der Waals surface area contributed by atoms with Gasteiger partial charge in [0.05, 0.1) is 17.7 Å². The Kier molecular flexibility index (Phi) is 7.27. The van der Waals surface area contributed by atoms with Gasteiger partial charge in [0.15, 0.2) is 0 Å². The number of benzene rings is 3. The third-order valence-corrected chi connectivity index (χ3v) is 7.45. The van der Waals surface area contributed by atoms with E-state index in [2.05, 4.69) is 0 Å². The summed E-state index contributed by atoms with van der Waals surface area (Å²) in [4.78, 5) is 19.4. The Bertz CT molecular complexity index is 1360. The number of aliphatic imine (C=N–C) groups is 1. The van der Waals surface area contributed by atoms with Crippen LogP contribution in [0.2, 0.25) is 10.0 Å². The Balaban J connectivity index is 2.03. The molecule has 0 saturated carbocycles. The van der Waals surface area contributed by atoms with Gasteiger partial charge < -0.3 is 4.74 Å². The number of rotatable bonds is 5. The zero-order valence-electron chi connectivity index (χ0n) is 20.0. The zero-order valence-corrected chi connectivity index (χ0v) is 22.3. The predicted octanol–water partition coefficient (Wildman–Crippen LogP) is 8.66. The topological polar surface area (TPSA) is 41.9 Å². The monoisotopic (exact) mass is 568 g/mol. The van der Waals surface area contributed by atoms with Gasteiger partial charge in [0.2, 0.25) is 0 Å². The third-order valence-electron chi connectivity index (χ3n) is 6.77.